The van der Waals surface area contributed by atoms with Crippen molar-refractivity contribution < 1.29 is 4.52 Å². The van der Waals surface area contributed by atoms with Crippen LogP contribution in [0.2, 0.25) is 0 Å². The first-order chi connectivity index (χ1) is 7.18. The summed E-state index contributed by atoms with van der Waals surface area (Å²) in [6, 6.07) is 9.67. The number of rotatable bonds is 2. The van der Waals surface area contributed by atoms with Crippen LogP contribution in [-0.4, -0.2) is 19.3 Å². The molecule has 0 saturated heterocycles. The lowest BCUT2D eigenvalue weighted by Crippen LogP contribution is -2.09. The third-order valence-corrected chi connectivity index (χ3v) is 2.18. The van der Waals surface area contributed by atoms with E-state index in [0.29, 0.717) is 11.6 Å². The molecule has 0 radical (unpaired) electrons. The molecule has 1 aromatic heterocycles. The molecule has 2 aromatic rings. The summed E-state index contributed by atoms with van der Waals surface area (Å²) in [5.74, 6) is 1.09. The highest BCUT2D eigenvalue weighted by molar-refractivity contribution is 5.75. The molecular formula is C11H13N3O. The Hall–Kier alpha value is -1.97. The summed E-state index contributed by atoms with van der Waals surface area (Å²) in [5, 5.41) is 3.68. The van der Waals surface area contributed by atoms with Crippen LogP contribution in [0.25, 0.3) is 11.3 Å². The van der Waals surface area contributed by atoms with Gasteiger partial charge >= 0.3 is 0 Å². The van der Waals surface area contributed by atoms with E-state index >= 15 is 0 Å². The maximum atomic E-state index is 5.52. The van der Waals surface area contributed by atoms with E-state index in [4.69, 9.17) is 10.3 Å². The number of hydrogen-bond donors (Lipinski definition) is 1. The molecule has 0 aliphatic carbocycles. The lowest BCUT2D eigenvalue weighted by atomic mass is 10.1. The minimum Gasteiger partial charge on any atom is -0.381 e. The van der Waals surface area contributed by atoms with Crippen molar-refractivity contribution in [1.29, 1.82) is 0 Å². The predicted molar refractivity (Wildman–Crippen MR) is 60.7 cm³/mol. The van der Waals surface area contributed by atoms with Crippen LogP contribution in [0, 0.1) is 0 Å². The molecule has 0 fully saturated rings. The average Bonchev–Trinajstić information content (AvgIpc) is 2.65. The molecular weight excluding hydrogens is 190 g/mol. The molecule has 0 spiro atoms. The Bertz CT molecular complexity index is 462. The van der Waals surface area contributed by atoms with Crippen LogP contribution in [0.3, 0.4) is 0 Å². The van der Waals surface area contributed by atoms with Gasteiger partial charge in [-0.1, -0.05) is 17.3 Å². The number of nitrogens with zero attached hydrogens (tertiary/aromatic N) is 2. The lowest BCUT2D eigenvalue weighted by molar-refractivity contribution is 0.436. The van der Waals surface area contributed by atoms with Crippen molar-refractivity contribution in [2.75, 3.05) is 24.7 Å². The maximum Gasteiger partial charge on any atom is 0.171 e. The number of anilines is 2. The number of nitrogen functional groups attached to an aromatic ring is 1. The van der Waals surface area contributed by atoms with Gasteiger partial charge in [-0.15, -0.1) is 0 Å². The number of aromatic nitrogens is 1. The Morgan fingerprint density at radius 3 is 2.60 bits per heavy atom. The first-order valence-corrected chi connectivity index (χ1v) is 4.67. The number of para-hydroxylation sites is 1. The zero-order valence-electron chi connectivity index (χ0n) is 8.77. The molecule has 0 saturated carbocycles. The van der Waals surface area contributed by atoms with Crippen molar-refractivity contribution >= 4 is 11.5 Å². The fourth-order valence-corrected chi connectivity index (χ4v) is 1.49. The molecule has 1 aromatic carbocycles. The van der Waals surface area contributed by atoms with E-state index < -0.39 is 0 Å². The second-order valence-corrected chi connectivity index (χ2v) is 3.53. The summed E-state index contributed by atoms with van der Waals surface area (Å²) in [6.45, 7) is 0. The van der Waals surface area contributed by atoms with Crippen LogP contribution in [0.5, 0.6) is 0 Å². The average molecular weight is 203 g/mol. The van der Waals surface area contributed by atoms with Gasteiger partial charge in [-0.2, -0.15) is 0 Å². The van der Waals surface area contributed by atoms with Gasteiger partial charge in [-0.3, -0.25) is 0 Å². The highest BCUT2D eigenvalue weighted by atomic mass is 16.5. The third kappa shape index (κ3) is 1.79. The molecule has 4 heteroatoms. The van der Waals surface area contributed by atoms with Crippen molar-refractivity contribution in [3.63, 3.8) is 0 Å². The Kier molecular flexibility index (Phi) is 2.33. The van der Waals surface area contributed by atoms with E-state index in [0.717, 1.165) is 11.3 Å². The van der Waals surface area contributed by atoms with Crippen LogP contribution in [0.1, 0.15) is 0 Å². The van der Waals surface area contributed by atoms with Gasteiger partial charge in [0.05, 0.1) is 0 Å². The summed E-state index contributed by atoms with van der Waals surface area (Å²) in [7, 11) is 3.97. The smallest absolute Gasteiger partial charge is 0.171 e. The van der Waals surface area contributed by atoms with Crippen LogP contribution in [-0.2, 0) is 0 Å². The van der Waals surface area contributed by atoms with E-state index in [1.807, 2.05) is 43.3 Å². The molecule has 0 bridgehead atoms. The molecule has 15 heavy (non-hydrogen) atoms. The van der Waals surface area contributed by atoms with Crippen molar-refractivity contribution in [1.82, 2.24) is 5.16 Å². The monoisotopic (exact) mass is 203 g/mol. The van der Waals surface area contributed by atoms with Gasteiger partial charge in [0.15, 0.2) is 11.6 Å². The molecule has 0 aliphatic heterocycles. The molecule has 0 unspecified atom stereocenters. The van der Waals surface area contributed by atoms with Crippen molar-refractivity contribution in [3.8, 4) is 11.3 Å². The van der Waals surface area contributed by atoms with E-state index in [2.05, 4.69) is 5.16 Å². The molecule has 2 N–H and O–H groups in total. The van der Waals surface area contributed by atoms with E-state index in [9.17, 15) is 0 Å². The van der Waals surface area contributed by atoms with E-state index in [1.165, 1.54) is 0 Å². The maximum absolute atomic E-state index is 5.52. The van der Waals surface area contributed by atoms with Crippen molar-refractivity contribution in [3.05, 3.63) is 30.3 Å². The Morgan fingerprint density at radius 1 is 1.27 bits per heavy atom. The minimum atomic E-state index is 0.401. The largest absolute Gasteiger partial charge is 0.381 e. The zero-order chi connectivity index (χ0) is 10.8. The molecule has 4 nitrogen and oxygen atoms in total. The Labute approximate surface area is 88.3 Å². The standard InChI is InChI=1S/C11H13N3O/c1-14(2)9-6-4-3-5-8(9)10-7-11(12)13-15-10/h3-7H,1-2H3,(H2,12,13). The second kappa shape index (κ2) is 3.65. The van der Waals surface area contributed by atoms with Gasteiger partial charge < -0.3 is 15.2 Å². The summed E-state index contributed by atoms with van der Waals surface area (Å²) < 4.78 is 5.14. The molecule has 2 rings (SSSR count). The molecule has 0 aliphatic rings. The van der Waals surface area contributed by atoms with E-state index in [-0.39, 0.29) is 0 Å². The van der Waals surface area contributed by atoms with Crippen LogP contribution in [0.15, 0.2) is 34.9 Å². The van der Waals surface area contributed by atoms with Crippen LogP contribution >= 0.6 is 0 Å². The van der Waals surface area contributed by atoms with Gasteiger partial charge in [0, 0.05) is 31.4 Å². The molecule has 78 valence electrons. The molecule has 0 amide bonds. The number of benzene rings is 1. The SMILES string of the molecule is CN(C)c1ccccc1-c1cc(N)no1. The summed E-state index contributed by atoms with van der Waals surface area (Å²) in [4.78, 5) is 2.02. The van der Waals surface area contributed by atoms with Crippen LogP contribution < -0.4 is 10.6 Å². The molecule has 1 heterocycles. The Morgan fingerprint density at radius 2 is 2.00 bits per heavy atom. The fourth-order valence-electron chi connectivity index (χ4n) is 1.49. The lowest BCUT2D eigenvalue weighted by Gasteiger charge is -2.15. The van der Waals surface area contributed by atoms with Gasteiger partial charge in [-0.25, -0.2) is 0 Å². The van der Waals surface area contributed by atoms with Crippen molar-refractivity contribution in [2.24, 2.45) is 0 Å². The quantitative estimate of drug-likeness (QED) is 0.811. The normalized spacial score (nSPS) is 10.3. The number of hydrogen-bond acceptors (Lipinski definition) is 4. The summed E-state index contributed by atoms with van der Waals surface area (Å²) in [6.07, 6.45) is 0. The first kappa shape index (κ1) is 9.58. The van der Waals surface area contributed by atoms with Gasteiger partial charge in [0.25, 0.3) is 0 Å². The van der Waals surface area contributed by atoms with Gasteiger partial charge in [0.1, 0.15) is 0 Å². The summed E-state index contributed by atoms with van der Waals surface area (Å²) in [5.41, 5.74) is 7.59. The van der Waals surface area contributed by atoms with Gasteiger partial charge in [-0.05, 0) is 12.1 Å². The topological polar surface area (TPSA) is 55.3 Å². The second-order valence-electron chi connectivity index (χ2n) is 3.53. The molecule has 0 atom stereocenters. The third-order valence-electron chi connectivity index (χ3n) is 2.18. The predicted octanol–water partition coefficient (Wildman–Crippen LogP) is 1.99. The van der Waals surface area contributed by atoms with Crippen LogP contribution in [0.4, 0.5) is 11.5 Å². The van der Waals surface area contributed by atoms with E-state index in [1.54, 1.807) is 6.07 Å². The summed E-state index contributed by atoms with van der Waals surface area (Å²) >= 11 is 0. The highest BCUT2D eigenvalue weighted by Crippen LogP contribution is 2.30. The fraction of sp³-hybridized carbons (Fsp3) is 0.182. The Balaban J connectivity index is 2.52. The minimum absolute atomic E-state index is 0.401. The zero-order valence-corrected chi connectivity index (χ0v) is 8.77. The van der Waals surface area contributed by atoms with Crippen molar-refractivity contribution in [2.45, 2.75) is 0 Å². The van der Waals surface area contributed by atoms with Gasteiger partial charge in [0.2, 0.25) is 0 Å². The number of nitrogens with two attached hydrogens (primary N) is 1. The highest BCUT2D eigenvalue weighted by Gasteiger charge is 2.10. The first-order valence-electron chi connectivity index (χ1n) is 4.67.